The fourth-order valence-corrected chi connectivity index (χ4v) is 1.20. The molecule has 76 valence electrons. The van der Waals surface area contributed by atoms with E-state index in [0.717, 1.165) is 4.47 Å². The minimum Gasteiger partial charge on any atom is -0.491 e. The second-order valence-corrected chi connectivity index (χ2v) is 3.53. The zero-order valence-corrected chi connectivity index (χ0v) is 9.37. The summed E-state index contributed by atoms with van der Waals surface area (Å²) in [7, 11) is 1.60. The van der Waals surface area contributed by atoms with Gasteiger partial charge in [-0.1, -0.05) is 0 Å². The van der Waals surface area contributed by atoms with Gasteiger partial charge < -0.3 is 10.1 Å². The number of amides is 1. The number of carbonyl (C=O) groups is 1. The van der Waals surface area contributed by atoms with Crippen LogP contribution in [0.3, 0.4) is 0 Å². The number of halogens is 1. The summed E-state index contributed by atoms with van der Waals surface area (Å²) in [5.74, 6) is 0.622. The summed E-state index contributed by atoms with van der Waals surface area (Å²) in [6.07, 6.45) is 3.63. The van der Waals surface area contributed by atoms with Crippen LogP contribution in [0.4, 0.5) is 0 Å². The lowest BCUT2D eigenvalue weighted by Crippen LogP contribution is -2.20. The van der Waals surface area contributed by atoms with Crippen LogP contribution < -0.4 is 10.1 Å². The van der Waals surface area contributed by atoms with Crippen LogP contribution in [-0.4, -0.2) is 24.5 Å². The molecule has 0 atom stereocenters. The van der Waals surface area contributed by atoms with Crippen molar-refractivity contribution >= 4 is 21.8 Å². The van der Waals surface area contributed by atoms with Gasteiger partial charge >= 0.3 is 0 Å². The first kappa shape index (κ1) is 11.0. The van der Waals surface area contributed by atoms with Crippen molar-refractivity contribution in [1.29, 1.82) is 0 Å². The van der Waals surface area contributed by atoms with Gasteiger partial charge in [0.1, 0.15) is 5.75 Å². The van der Waals surface area contributed by atoms with Crippen molar-refractivity contribution in [3.8, 4) is 5.75 Å². The molecule has 0 fully saturated rings. The Bertz CT molecular complexity index is 317. The minimum absolute atomic E-state index is 0.0343. The van der Waals surface area contributed by atoms with Crippen LogP contribution in [-0.2, 0) is 4.79 Å². The van der Waals surface area contributed by atoms with E-state index in [2.05, 4.69) is 26.2 Å². The molecule has 0 bridgehead atoms. The number of aromatic nitrogens is 1. The summed E-state index contributed by atoms with van der Waals surface area (Å²) in [5.41, 5.74) is 0. The maximum atomic E-state index is 10.9. The van der Waals surface area contributed by atoms with E-state index >= 15 is 0 Å². The predicted molar refractivity (Wildman–Crippen MR) is 56.1 cm³/mol. The smallest absolute Gasteiger partial charge is 0.223 e. The van der Waals surface area contributed by atoms with Crippen LogP contribution in [0.5, 0.6) is 5.75 Å². The van der Waals surface area contributed by atoms with Gasteiger partial charge in [-0.2, -0.15) is 0 Å². The number of pyridine rings is 1. The SMILES string of the molecule is CNC(=O)CCOc1cncc(Br)c1. The number of rotatable bonds is 4. The van der Waals surface area contributed by atoms with Gasteiger partial charge in [0.15, 0.2) is 0 Å². The fraction of sp³-hybridized carbons (Fsp3) is 0.333. The lowest BCUT2D eigenvalue weighted by atomic mass is 10.4. The molecule has 4 nitrogen and oxygen atoms in total. The van der Waals surface area contributed by atoms with Gasteiger partial charge in [0.25, 0.3) is 0 Å². The van der Waals surface area contributed by atoms with Gasteiger partial charge in [0, 0.05) is 17.7 Å². The van der Waals surface area contributed by atoms with E-state index in [0.29, 0.717) is 18.8 Å². The van der Waals surface area contributed by atoms with Crippen LogP contribution in [0.15, 0.2) is 22.9 Å². The summed E-state index contributed by atoms with van der Waals surface area (Å²) in [6, 6.07) is 1.80. The molecule has 0 saturated heterocycles. The molecule has 1 heterocycles. The first-order valence-electron chi connectivity index (χ1n) is 4.16. The average molecular weight is 259 g/mol. The van der Waals surface area contributed by atoms with Gasteiger partial charge in [-0.15, -0.1) is 0 Å². The molecule has 14 heavy (non-hydrogen) atoms. The van der Waals surface area contributed by atoms with E-state index in [-0.39, 0.29) is 5.91 Å². The Morgan fingerprint density at radius 1 is 1.64 bits per heavy atom. The molecular formula is C9H11BrN2O2. The number of hydrogen-bond acceptors (Lipinski definition) is 3. The van der Waals surface area contributed by atoms with E-state index in [4.69, 9.17) is 4.74 Å². The third kappa shape index (κ3) is 3.74. The van der Waals surface area contributed by atoms with Crippen molar-refractivity contribution in [3.05, 3.63) is 22.9 Å². The highest BCUT2D eigenvalue weighted by Gasteiger charge is 1.99. The topological polar surface area (TPSA) is 51.2 Å². The average Bonchev–Trinajstić information content (AvgIpc) is 2.17. The molecule has 0 aliphatic rings. The standard InChI is InChI=1S/C9H11BrN2O2/c1-11-9(13)2-3-14-8-4-7(10)5-12-6-8/h4-6H,2-3H2,1H3,(H,11,13). The molecule has 0 unspecified atom stereocenters. The van der Waals surface area contributed by atoms with E-state index < -0.39 is 0 Å². The Hall–Kier alpha value is -1.10. The summed E-state index contributed by atoms with van der Waals surface area (Å²) in [4.78, 5) is 14.8. The third-order valence-corrected chi connectivity index (χ3v) is 1.99. The molecule has 0 saturated carbocycles. The Labute approximate surface area is 90.8 Å². The van der Waals surface area contributed by atoms with Crippen molar-refractivity contribution in [1.82, 2.24) is 10.3 Å². The quantitative estimate of drug-likeness (QED) is 0.888. The van der Waals surface area contributed by atoms with Gasteiger partial charge in [0.05, 0.1) is 19.2 Å². The van der Waals surface area contributed by atoms with Crippen molar-refractivity contribution < 1.29 is 9.53 Å². The molecule has 1 N–H and O–H groups in total. The molecule has 1 rings (SSSR count). The summed E-state index contributed by atoms with van der Waals surface area (Å²) in [6.45, 7) is 0.359. The second kappa shape index (κ2) is 5.59. The first-order chi connectivity index (χ1) is 6.72. The van der Waals surface area contributed by atoms with Crippen molar-refractivity contribution in [3.63, 3.8) is 0 Å². The van der Waals surface area contributed by atoms with Crippen LogP contribution in [0.2, 0.25) is 0 Å². The van der Waals surface area contributed by atoms with Gasteiger partial charge in [-0.05, 0) is 22.0 Å². The van der Waals surface area contributed by atoms with Gasteiger partial charge in [-0.25, -0.2) is 0 Å². The Morgan fingerprint density at radius 3 is 3.07 bits per heavy atom. The lowest BCUT2D eigenvalue weighted by molar-refractivity contribution is -0.121. The van der Waals surface area contributed by atoms with Gasteiger partial charge in [-0.3, -0.25) is 9.78 Å². The Balaban J connectivity index is 2.35. The highest BCUT2D eigenvalue weighted by atomic mass is 79.9. The molecule has 0 aliphatic heterocycles. The zero-order chi connectivity index (χ0) is 10.4. The van der Waals surface area contributed by atoms with Gasteiger partial charge in [0.2, 0.25) is 5.91 Å². The first-order valence-corrected chi connectivity index (χ1v) is 4.95. The van der Waals surface area contributed by atoms with Crippen LogP contribution in [0.25, 0.3) is 0 Å². The summed E-state index contributed by atoms with van der Waals surface area (Å²) >= 11 is 3.27. The molecule has 0 spiro atoms. The van der Waals surface area contributed by atoms with Crippen molar-refractivity contribution in [2.45, 2.75) is 6.42 Å². The van der Waals surface area contributed by atoms with Crippen LogP contribution >= 0.6 is 15.9 Å². The van der Waals surface area contributed by atoms with Crippen LogP contribution in [0.1, 0.15) is 6.42 Å². The molecule has 0 radical (unpaired) electrons. The highest BCUT2D eigenvalue weighted by Crippen LogP contribution is 2.15. The number of ether oxygens (including phenoxy) is 1. The molecule has 0 aliphatic carbocycles. The molecule has 1 amide bonds. The summed E-state index contributed by atoms with van der Waals surface area (Å²) in [5, 5.41) is 2.52. The van der Waals surface area contributed by atoms with Crippen molar-refractivity contribution in [2.75, 3.05) is 13.7 Å². The number of nitrogens with one attached hydrogen (secondary N) is 1. The molecule has 5 heteroatoms. The molecule has 0 aromatic carbocycles. The Morgan fingerprint density at radius 2 is 2.43 bits per heavy atom. The number of hydrogen-bond donors (Lipinski definition) is 1. The second-order valence-electron chi connectivity index (χ2n) is 2.61. The largest absolute Gasteiger partial charge is 0.491 e. The van der Waals surface area contributed by atoms with E-state index in [1.807, 2.05) is 0 Å². The molecule has 1 aromatic rings. The molecule has 1 aromatic heterocycles. The minimum atomic E-state index is -0.0343. The van der Waals surface area contributed by atoms with E-state index in [1.54, 1.807) is 25.5 Å². The van der Waals surface area contributed by atoms with E-state index in [1.165, 1.54) is 0 Å². The molecular weight excluding hydrogens is 248 g/mol. The van der Waals surface area contributed by atoms with Crippen molar-refractivity contribution in [2.24, 2.45) is 0 Å². The lowest BCUT2D eigenvalue weighted by Gasteiger charge is -2.04. The Kier molecular flexibility index (Phi) is 4.39. The predicted octanol–water partition coefficient (Wildman–Crippen LogP) is 1.36. The monoisotopic (exact) mass is 258 g/mol. The summed E-state index contributed by atoms with van der Waals surface area (Å²) < 4.78 is 6.16. The maximum absolute atomic E-state index is 10.9. The zero-order valence-electron chi connectivity index (χ0n) is 7.79. The van der Waals surface area contributed by atoms with E-state index in [9.17, 15) is 4.79 Å². The highest BCUT2D eigenvalue weighted by molar-refractivity contribution is 9.10. The fourth-order valence-electron chi connectivity index (χ4n) is 0.858. The van der Waals surface area contributed by atoms with Crippen LogP contribution in [0, 0.1) is 0 Å². The number of carbonyl (C=O) groups excluding carboxylic acids is 1. The maximum Gasteiger partial charge on any atom is 0.223 e. The normalized spacial score (nSPS) is 9.57. The number of nitrogens with zero attached hydrogens (tertiary/aromatic N) is 1. The third-order valence-electron chi connectivity index (χ3n) is 1.56.